The van der Waals surface area contributed by atoms with Crippen molar-refractivity contribution in [2.75, 3.05) is 26.2 Å². The van der Waals surface area contributed by atoms with Gasteiger partial charge in [0.15, 0.2) is 5.65 Å². The minimum absolute atomic E-state index is 0.0235. The molecular weight excluding hydrogens is 313 g/mol. The predicted molar refractivity (Wildman–Crippen MR) is 73.0 cm³/mol. The van der Waals surface area contributed by atoms with Crippen LogP contribution in [-0.2, 0) is 6.18 Å². The molecule has 4 rings (SSSR count). The van der Waals surface area contributed by atoms with Crippen LogP contribution in [0.3, 0.4) is 0 Å². The number of fused-ring (bicyclic) bond motifs is 3. The first-order valence-corrected chi connectivity index (χ1v) is 6.96. The van der Waals surface area contributed by atoms with Gasteiger partial charge in [0.05, 0.1) is 0 Å². The molecule has 3 aromatic heterocycles. The SMILES string of the molecule is FC(F)(F)c1nnc2c(OCCN3CC3)nc3cccnc3n12. The Hall–Kier alpha value is -2.49. The standard InChI is InChI=1S/C13H11F3N6O/c14-13(15,16)12-20-19-10-11(23-7-6-21-4-5-21)18-8-2-1-3-17-9(8)22(10)12/h1-3H,4-7H2. The molecule has 0 radical (unpaired) electrons. The Kier molecular flexibility index (Phi) is 3.08. The van der Waals surface area contributed by atoms with Gasteiger partial charge in [0.2, 0.25) is 11.5 Å². The minimum atomic E-state index is -4.65. The Morgan fingerprint density at radius 3 is 2.74 bits per heavy atom. The summed E-state index contributed by atoms with van der Waals surface area (Å²) in [6.45, 7) is 3.04. The maximum atomic E-state index is 13.2. The second kappa shape index (κ2) is 5.01. The molecule has 1 fully saturated rings. The predicted octanol–water partition coefficient (Wildman–Crippen LogP) is 1.39. The zero-order valence-corrected chi connectivity index (χ0v) is 11.8. The van der Waals surface area contributed by atoms with Crippen molar-refractivity contribution >= 4 is 16.8 Å². The number of nitrogens with zero attached hydrogens (tertiary/aromatic N) is 6. The normalized spacial score (nSPS) is 15.4. The third-order valence-electron chi connectivity index (χ3n) is 3.49. The van der Waals surface area contributed by atoms with E-state index in [9.17, 15) is 13.2 Å². The third-order valence-corrected chi connectivity index (χ3v) is 3.49. The Morgan fingerprint density at radius 2 is 2.00 bits per heavy atom. The smallest absolute Gasteiger partial charge is 0.452 e. The molecule has 7 nitrogen and oxygen atoms in total. The maximum Gasteiger partial charge on any atom is 0.452 e. The Labute approximate surface area is 127 Å². The molecule has 0 saturated carbocycles. The summed E-state index contributed by atoms with van der Waals surface area (Å²) in [5.74, 6) is -1.12. The second-order valence-corrected chi connectivity index (χ2v) is 5.13. The van der Waals surface area contributed by atoms with Gasteiger partial charge in [-0.1, -0.05) is 0 Å². The van der Waals surface area contributed by atoms with Crippen LogP contribution in [0.25, 0.3) is 16.8 Å². The molecule has 0 aliphatic carbocycles. The number of halogens is 3. The molecule has 1 aliphatic rings. The van der Waals surface area contributed by atoms with Crippen molar-refractivity contribution in [3.8, 4) is 5.88 Å². The highest BCUT2D eigenvalue weighted by Crippen LogP contribution is 2.31. The lowest BCUT2D eigenvalue weighted by molar-refractivity contribution is -0.145. The average Bonchev–Trinajstić information content (AvgIpc) is 3.21. The molecule has 10 heteroatoms. The van der Waals surface area contributed by atoms with Crippen LogP contribution in [0, 0.1) is 0 Å². The van der Waals surface area contributed by atoms with Crippen molar-refractivity contribution in [3.05, 3.63) is 24.2 Å². The van der Waals surface area contributed by atoms with Crippen molar-refractivity contribution in [2.24, 2.45) is 0 Å². The summed E-state index contributed by atoms with van der Waals surface area (Å²) in [5, 5.41) is 6.85. The first-order valence-electron chi connectivity index (χ1n) is 6.96. The Balaban J connectivity index is 1.86. The van der Waals surface area contributed by atoms with Crippen LogP contribution in [-0.4, -0.2) is 55.7 Å². The highest BCUT2D eigenvalue weighted by molar-refractivity contribution is 5.76. The van der Waals surface area contributed by atoms with Crippen LogP contribution in [0.15, 0.2) is 18.3 Å². The number of hydrogen-bond acceptors (Lipinski definition) is 6. The van der Waals surface area contributed by atoms with Crippen molar-refractivity contribution in [1.29, 1.82) is 0 Å². The Bertz CT molecular complexity index is 873. The van der Waals surface area contributed by atoms with Crippen LogP contribution in [0.1, 0.15) is 5.82 Å². The van der Waals surface area contributed by atoms with Gasteiger partial charge in [-0.15, -0.1) is 10.2 Å². The zero-order valence-electron chi connectivity index (χ0n) is 11.8. The van der Waals surface area contributed by atoms with Crippen LogP contribution in [0.2, 0.25) is 0 Å². The fourth-order valence-electron chi connectivity index (χ4n) is 2.28. The molecule has 3 aromatic rings. The topological polar surface area (TPSA) is 68.2 Å². The molecule has 4 heterocycles. The quantitative estimate of drug-likeness (QED) is 0.676. The van der Waals surface area contributed by atoms with Crippen LogP contribution >= 0.6 is 0 Å². The van der Waals surface area contributed by atoms with Gasteiger partial charge < -0.3 is 4.74 Å². The molecule has 0 bridgehead atoms. The lowest BCUT2D eigenvalue weighted by Gasteiger charge is -2.10. The van der Waals surface area contributed by atoms with Crippen LogP contribution in [0.5, 0.6) is 5.88 Å². The van der Waals surface area contributed by atoms with Gasteiger partial charge in [0.1, 0.15) is 12.1 Å². The van der Waals surface area contributed by atoms with Crippen LogP contribution in [0.4, 0.5) is 13.2 Å². The van der Waals surface area contributed by atoms with Gasteiger partial charge in [-0.3, -0.25) is 4.90 Å². The van der Waals surface area contributed by atoms with E-state index in [0.29, 0.717) is 13.2 Å². The number of ether oxygens (including phenoxy) is 1. The fraction of sp³-hybridized carbons (Fsp3) is 0.385. The van der Waals surface area contributed by atoms with Crippen LogP contribution < -0.4 is 4.74 Å². The average molecular weight is 324 g/mol. The van der Waals surface area contributed by atoms with E-state index in [0.717, 1.165) is 17.5 Å². The summed E-state index contributed by atoms with van der Waals surface area (Å²) < 4.78 is 45.8. The molecule has 1 saturated heterocycles. The fourth-order valence-corrected chi connectivity index (χ4v) is 2.28. The molecule has 23 heavy (non-hydrogen) atoms. The van der Waals surface area contributed by atoms with E-state index in [2.05, 4.69) is 25.1 Å². The van der Waals surface area contributed by atoms with E-state index in [1.54, 1.807) is 12.1 Å². The lowest BCUT2D eigenvalue weighted by Crippen LogP contribution is -2.14. The van der Waals surface area contributed by atoms with Gasteiger partial charge in [-0.2, -0.15) is 13.2 Å². The lowest BCUT2D eigenvalue weighted by atomic mass is 10.4. The maximum absolute atomic E-state index is 13.2. The molecule has 1 aliphatic heterocycles. The van der Waals surface area contributed by atoms with Gasteiger partial charge in [0, 0.05) is 25.8 Å². The molecule has 0 aromatic carbocycles. The summed E-state index contributed by atoms with van der Waals surface area (Å²) in [7, 11) is 0. The molecule has 120 valence electrons. The van der Waals surface area contributed by atoms with E-state index >= 15 is 0 Å². The molecule has 0 atom stereocenters. The van der Waals surface area contributed by atoms with E-state index in [4.69, 9.17) is 4.74 Å². The molecule has 0 unspecified atom stereocenters. The summed E-state index contributed by atoms with van der Waals surface area (Å²) in [6, 6.07) is 3.16. The van der Waals surface area contributed by atoms with E-state index in [-0.39, 0.29) is 22.7 Å². The van der Waals surface area contributed by atoms with Gasteiger partial charge in [-0.05, 0) is 12.1 Å². The van der Waals surface area contributed by atoms with E-state index < -0.39 is 12.0 Å². The first kappa shape index (κ1) is 14.1. The zero-order chi connectivity index (χ0) is 16.0. The number of aromatic nitrogens is 5. The summed E-state index contributed by atoms with van der Waals surface area (Å²) >= 11 is 0. The van der Waals surface area contributed by atoms with Crippen molar-refractivity contribution in [1.82, 2.24) is 29.5 Å². The summed E-state index contributed by atoms with van der Waals surface area (Å²) in [6.07, 6.45) is -3.26. The highest BCUT2D eigenvalue weighted by atomic mass is 19.4. The number of alkyl halides is 3. The monoisotopic (exact) mass is 324 g/mol. The second-order valence-electron chi connectivity index (χ2n) is 5.13. The van der Waals surface area contributed by atoms with E-state index in [1.807, 2.05) is 0 Å². The van der Waals surface area contributed by atoms with Gasteiger partial charge >= 0.3 is 6.18 Å². The highest BCUT2D eigenvalue weighted by Gasteiger charge is 2.38. The van der Waals surface area contributed by atoms with Gasteiger partial charge in [-0.25, -0.2) is 14.4 Å². The number of pyridine rings is 1. The van der Waals surface area contributed by atoms with Crippen molar-refractivity contribution in [2.45, 2.75) is 6.18 Å². The number of hydrogen-bond donors (Lipinski definition) is 0. The first-order chi connectivity index (χ1) is 11.0. The van der Waals surface area contributed by atoms with Crippen molar-refractivity contribution < 1.29 is 17.9 Å². The van der Waals surface area contributed by atoms with Gasteiger partial charge in [0.25, 0.3) is 5.88 Å². The minimum Gasteiger partial charge on any atom is -0.474 e. The van der Waals surface area contributed by atoms with Crippen molar-refractivity contribution in [3.63, 3.8) is 0 Å². The largest absolute Gasteiger partial charge is 0.474 e. The molecule has 0 amide bonds. The number of rotatable bonds is 4. The summed E-state index contributed by atoms with van der Waals surface area (Å²) in [5.41, 5.74) is 0.236. The molecule has 0 N–H and O–H groups in total. The van der Waals surface area contributed by atoms with E-state index in [1.165, 1.54) is 6.20 Å². The Morgan fingerprint density at radius 1 is 1.17 bits per heavy atom. The molecule has 0 spiro atoms. The third kappa shape index (κ3) is 2.54. The summed E-state index contributed by atoms with van der Waals surface area (Å²) in [4.78, 5) is 10.3. The molecular formula is C13H11F3N6O.